The molecule has 0 radical (unpaired) electrons. The van der Waals surface area contributed by atoms with E-state index in [1.54, 1.807) is 11.3 Å². The number of likely N-dealkylation sites (tertiary alicyclic amines) is 1. The number of hydrogen-bond acceptors (Lipinski definition) is 4. The van der Waals surface area contributed by atoms with E-state index >= 15 is 0 Å². The van der Waals surface area contributed by atoms with E-state index in [0.29, 0.717) is 17.9 Å². The third-order valence-electron chi connectivity index (χ3n) is 5.70. The van der Waals surface area contributed by atoms with Crippen molar-refractivity contribution in [2.45, 2.75) is 31.5 Å². The van der Waals surface area contributed by atoms with Gasteiger partial charge in [-0.1, -0.05) is 0 Å². The molecule has 4 rings (SSSR count). The van der Waals surface area contributed by atoms with Gasteiger partial charge in [-0.2, -0.15) is 0 Å². The second-order valence-corrected chi connectivity index (χ2v) is 8.33. The summed E-state index contributed by atoms with van der Waals surface area (Å²) in [5.41, 5.74) is 1.05. The molecule has 0 N–H and O–H groups in total. The second kappa shape index (κ2) is 5.05. The Hall–Kier alpha value is -0.910. The van der Waals surface area contributed by atoms with Crippen LogP contribution in [0.25, 0.3) is 0 Å². The predicted molar refractivity (Wildman–Crippen MR) is 87.3 cm³/mol. The number of thiophene rings is 1. The predicted octanol–water partition coefficient (Wildman–Crippen LogP) is 2.24. The van der Waals surface area contributed by atoms with Gasteiger partial charge < -0.3 is 14.5 Å². The molecule has 3 aliphatic rings. The van der Waals surface area contributed by atoms with Crippen LogP contribution < -0.4 is 0 Å². The Kier molecular flexibility index (Phi) is 3.36. The molecule has 3 saturated heterocycles. The monoisotopic (exact) mass is 320 g/mol. The molecule has 4 nitrogen and oxygen atoms in total. The van der Waals surface area contributed by atoms with E-state index in [2.05, 4.69) is 19.0 Å². The van der Waals surface area contributed by atoms with E-state index in [0.717, 1.165) is 42.9 Å². The van der Waals surface area contributed by atoms with E-state index in [-0.39, 0.29) is 11.5 Å². The van der Waals surface area contributed by atoms with Gasteiger partial charge in [-0.15, -0.1) is 11.3 Å². The summed E-state index contributed by atoms with van der Waals surface area (Å²) in [6.45, 7) is 4.74. The largest absolute Gasteiger partial charge is 0.369 e. The van der Waals surface area contributed by atoms with Gasteiger partial charge in [-0.3, -0.25) is 4.79 Å². The molecule has 5 heteroatoms. The van der Waals surface area contributed by atoms with Gasteiger partial charge >= 0.3 is 0 Å². The van der Waals surface area contributed by atoms with Gasteiger partial charge in [0.05, 0.1) is 23.1 Å². The van der Waals surface area contributed by atoms with Gasteiger partial charge in [0, 0.05) is 24.9 Å². The fourth-order valence-electron chi connectivity index (χ4n) is 4.75. The van der Waals surface area contributed by atoms with Gasteiger partial charge in [0.15, 0.2) is 0 Å². The number of rotatable bonds is 3. The fraction of sp³-hybridized carbons (Fsp3) is 0.706. The lowest BCUT2D eigenvalue weighted by Gasteiger charge is -2.30. The topological polar surface area (TPSA) is 32.8 Å². The number of hydrogen-bond donors (Lipinski definition) is 0. The molecule has 1 aromatic rings. The minimum Gasteiger partial charge on any atom is -0.369 e. The van der Waals surface area contributed by atoms with E-state index in [1.807, 2.05) is 23.3 Å². The number of fused-ring (bicyclic) bond motifs is 1. The lowest BCUT2D eigenvalue weighted by atomic mass is 9.73. The molecule has 0 unspecified atom stereocenters. The molecule has 1 amide bonds. The molecule has 4 heterocycles. The molecule has 1 spiro atoms. The molecule has 22 heavy (non-hydrogen) atoms. The van der Waals surface area contributed by atoms with Crippen LogP contribution in [0.15, 0.2) is 11.4 Å². The van der Waals surface area contributed by atoms with Crippen molar-refractivity contribution < 1.29 is 9.53 Å². The highest BCUT2D eigenvalue weighted by molar-refractivity contribution is 7.12. The zero-order chi connectivity index (χ0) is 15.5. The maximum atomic E-state index is 12.8. The normalized spacial score (nSPS) is 36.4. The van der Waals surface area contributed by atoms with Crippen molar-refractivity contribution in [1.82, 2.24) is 9.80 Å². The molecular formula is C17H24N2O2S. The molecule has 2 bridgehead atoms. The lowest BCUT2D eigenvalue weighted by Crippen LogP contribution is -2.40. The molecule has 0 aliphatic carbocycles. The Balaban J connectivity index is 1.56. The molecule has 1 aromatic heterocycles. The van der Waals surface area contributed by atoms with Gasteiger partial charge in [-0.05, 0) is 50.9 Å². The summed E-state index contributed by atoms with van der Waals surface area (Å²) >= 11 is 1.56. The third kappa shape index (κ3) is 2.06. The number of amides is 1. The number of carbonyl (C=O) groups is 1. The molecular weight excluding hydrogens is 296 g/mol. The second-order valence-electron chi connectivity index (χ2n) is 7.41. The summed E-state index contributed by atoms with van der Waals surface area (Å²) in [5.74, 6) is 1.29. The first kappa shape index (κ1) is 14.7. The van der Waals surface area contributed by atoms with Crippen LogP contribution in [0.4, 0.5) is 0 Å². The van der Waals surface area contributed by atoms with Crippen molar-refractivity contribution in [3.63, 3.8) is 0 Å². The van der Waals surface area contributed by atoms with Gasteiger partial charge in [-0.25, -0.2) is 0 Å². The average molecular weight is 320 g/mol. The first-order valence-electron chi connectivity index (χ1n) is 8.16. The zero-order valence-corrected chi connectivity index (χ0v) is 14.4. The Morgan fingerprint density at radius 1 is 1.55 bits per heavy atom. The first-order valence-corrected chi connectivity index (χ1v) is 9.04. The van der Waals surface area contributed by atoms with Crippen LogP contribution in [0, 0.1) is 18.8 Å². The number of ether oxygens (including phenoxy) is 1. The van der Waals surface area contributed by atoms with Crippen molar-refractivity contribution >= 4 is 17.2 Å². The SMILES string of the molecule is Cc1ccsc1C(=O)N1C[C@@H]2[C@H](CN(C)C)[C@H]3CC[C@]2(C1)O3. The smallest absolute Gasteiger partial charge is 0.264 e. The zero-order valence-electron chi connectivity index (χ0n) is 13.5. The Morgan fingerprint density at radius 3 is 3.05 bits per heavy atom. The standard InChI is InChI=1S/C17H24N2O2S/c1-11-5-7-22-15(11)16(20)19-9-13-12(8-18(2)3)14-4-6-17(13,10-19)21-14/h5,7,12-14H,4,6,8-10H2,1-3H3/t12-,13+,14+,17+/m0/s1. The summed E-state index contributed by atoms with van der Waals surface area (Å²) < 4.78 is 6.41. The van der Waals surface area contributed by atoms with E-state index in [4.69, 9.17) is 4.74 Å². The van der Waals surface area contributed by atoms with Gasteiger partial charge in [0.25, 0.3) is 5.91 Å². The highest BCUT2D eigenvalue weighted by Gasteiger charge is 2.63. The maximum absolute atomic E-state index is 12.8. The minimum atomic E-state index is -0.0494. The minimum absolute atomic E-state index is 0.0494. The number of nitrogens with zero attached hydrogens (tertiary/aromatic N) is 2. The summed E-state index contributed by atoms with van der Waals surface area (Å²) in [6, 6.07) is 2.03. The van der Waals surface area contributed by atoms with Crippen LogP contribution in [-0.4, -0.2) is 61.1 Å². The molecule has 120 valence electrons. The summed E-state index contributed by atoms with van der Waals surface area (Å²) in [4.78, 5) is 18.0. The van der Waals surface area contributed by atoms with Crippen LogP contribution in [0.5, 0.6) is 0 Å². The number of aryl methyl sites for hydroxylation is 1. The van der Waals surface area contributed by atoms with Crippen molar-refractivity contribution in [2.75, 3.05) is 33.7 Å². The maximum Gasteiger partial charge on any atom is 0.264 e. The summed E-state index contributed by atoms with van der Waals surface area (Å²) in [6.07, 6.45) is 2.70. The summed E-state index contributed by atoms with van der Waals surface area (Å²) in [5, 5.41) is 2.01. The Morgan fingerprint density at radius 2 is 2.36 bits per heavy atom. The van der Waals surface area contributed by atoms with Crippen molar-refractivity contribution in [1.29, 1.82) is 0 Å². The fourth-order valence-corrected chi connectivity index (χ4v) is 5.64. The van der Waals surface area contributed by atoms with Crippen molar-refractivity contribution in [3.05, 3.63) is 21.9 Å². The van der Waals surface area contributed by atoms with E-state index < -0.39 is 0 Å². The van der Waals surface area contributed by atoms with E-state index in [1.165, 1.54) is 0 Å². The van der Waals surface area contributed by atoms with Crippen LogP contribution >= 0.6 is 11.3 Å². The van der Waals surface area contributed by atoms with Crippen molar-refractivity contribution in [2.24, 2.45) is 11.8 Å². The molecule has 0 aromatic carbocycles. The van der Waals surface area contributed by atoms with E-state index in [9.17, 15) is 4.79 Å². The van der Waals surface area contributed by atoms with Crippen LogP contribution in [-0.2, 0) is 4.74 Å². The summed E-state index contributed by atoms with van der Waals surface area (Å²) in [7, 11) is 4.26. The molecule has 4 atom stereocenters. The van der Waals surface area contributed by atoms with Crippen LogP contribution in [0.2, 0.25) is 0 Å². The molecule has 0 saturated carbocycles. The van der Waals surface area contributed by atoms with Crippen molar-refractivity contribution in [3.8, 4) is 0 Å². The average Bonchev–Trinajstić information content (AvgIpc) is 3.18. The first-order chi connectivity index (χ1) is 10.5. The number of carbonyl (C=O) groups excluding carboxylic acids is 1. The molecule has 3 fully saturated rings. The third-order valence-corrected chi connectivity index (χ3v) is 6.71. The van der Waals surface area contributed by atoms with Gasteiger partial charge in [0.2, 0.25) is 0 Å². The Bertz CT molecular complexity index is 599. The van der Waals surface area contributed by atoms with Crippen LogP contribution in [0.3, 0.4) is 0 Å². The highest BCUT2D eigenvalue weighted by atomic mass is 32.1. The quantitative estimate of drug-likeness (QED) is 0.856. The van der Waals surface area contributed by atoms with Crippen LogP contribution in [0.1, 0.15) is 28.1 Å². The Labute approximate surface area is 136 Å². The molecule has 3 aliphatic heterocycles. The highest BCUT2D eigenvalue weighted by Crippen LogP contribution is 2.55. The van der Waals surface area contributed by atoms with Gasteiger partial charge in [0.1, 0.15) is 0 Å². The lowest BCUT2D eigenvalue weighted by molar-refractivity contribution is 0.00260.